The predicted octanol–water partition coefficient (Wildman–Crippen LogP) is 2.08. The van der Waals surface area contributed by atoms with Crippen molar-refractivity contribution in [2.75, 3.05) is 36.7 Å². The lowest BCUT2D eigenvalue weighted by atomic mass is 10.2. The van der Waals surface area contributed by atoms with Gasteiger partial charge in [-0.05, 0) is 18.4 Å². The third kappa shape index (κ3) is 3.80. The average Bonchev–Trinajstić information content (AvgIpc) is 2.90. The van der Waals surface area contributed by atoms with Crippen LogP contribution in [0.1, 0.15) is 11.8 Å². The van der Waals surface area contributed by atoms with E-state index in [9.17, 15) is 0 Å². The third-order valence-corrected chi connectivity index (χ3v) is 3.61. The second kappa shape index (κ2) is 6.51. The van der Waals surface area contributed by atoms with Crippen LogP contribution in [0.15, 0.2) is 17.5 Å². The zero-order valence-corrected chi connectivity index (χ0v) is 13.0. The highest BCUT2D eigenvalue weighted by atomic mass is 32.1. The lowest BCUT2D eigenvalue weighted by Gasteiger charge is -2.16. The van der Waals surface area contributed by atoms with E-state index in [4.69, 9.17) is 0 Å². The summed E-state index contributed by atoms with van der Waals surface area (Å²) in [4.78, 5) is 16.2. The third-order valence-electron chi connectivity index (χ3n) is 2.71. The zero-order chi connectivity index (χ0) is 14.5. The Morgan fingerprint density at radius 2 is 2.00 bits per heavy atom. The van der Waals surface area contributed by atoms with E-state index >= 15 is 0 Å². The van der Waals surface area contributed by atoms with Crippen LogP contribution in [0, 0.1) is 0 Å². The monoisotopic (exact) mass is 292 g/mol. The molecule has 0 spiro atoms. The molecule has 2 N–H and O–H groups in total. The number of rotatable bonds is 6. The van der Waals surface area contributed by atoms with Gasteiger partial charge in [-0.2, -0.15) is 15.0 Å². The summed E-state index contributed by atoms with van der Waals surface area (Å²) in [5.74, 6) is 1.79. The molecule has 0 aliphatic rings. The Hall–Kier alpha value is -1.89. The van der Waals surface area contributed by atoms with Gasteiger partial charge >= 0.3 is 0 Å². The maximum atomic E-state index is 4.41. The van der Waals surface area contributed by atoms with Gasteiger partial charge in [0.2, 0.25) is 17.8 Å². The van der Waals surface area contributed by atoms with Gasteiger partial charge in [0.05, 0.1) is 0 Å². The molecule has 1 atom stereocenters. The van der Waals surface area contributed by atoms with E-state index in [2.05, 4.69) is 50.0 Å². The van der Waals surface area contributed by atoms with E-state index in [0.29, 0.717) is 17.8 Å². The van der Waals surface area contributed by atoms with Gasteiger partial charge in [-0.25, -0.2) is 0 Å². The number of hydrogen-bond donors (Lipinski definition) is 2. The molecule has 0 bridgehead atoms. The number of nitrogens with one attached hydrogen (secondary N) is 2. The molecule has 2 rings (SSSR count). The van der Waals surface area contributed by atoms with Crippen LogP contribution < -0.4 is 15.5 Å². The van der Waals surface area contributed by atoms with Gasteiger partial charge in [-0.15, -0.1) is 11.3 Å². The van der Waals surface area contributed by atoms with Crippen LogP contribution in [0.25, 0.3) is 0 Å². The molecule has 6 nitrogen and oxygen atoms in total. The topological polar surface area (TPSA) is 66.0 Å². The van der Waals surface area contributed by atoms with Crippen molar-refractivity contribution in [3.8, 4) is 0 Å². The first kappa shape index (κ1) is 14.5. The van der Waals surface area contributed by atoms with Crippen LogP contribution in [-0.4, -0.2) is 42.1 Å². The number of nitrogens with zero attached hydrogens (tertiary/aromatic N) is 4. The van der Waals surface area contributed by atoms with Gasteiger partial charge in [-0.1, -0.05) is 6.07 Å². The highest BCUT2D eigenvalue weighted by molar-refractivity contribution is 7.09. The highest BCUT2D eigenvalue weighted by Gasteiger charge is 2.10. The second-order valence-corrected chi connectivity index (χ2v) is 5.79. The molecule has 0 radical (unpaired) electrons. The number of aromatic nitrogens is 3. The van der Waals surface area contributed by atoms with E-state index in [1.54, 1.807) is 18.4 Å². The Labute approximate surface area is 123 Å². The van der Waals surface area contributed by atoms with Crippen molar-refractivity contribution in [1.29, 1.82) is 0 Å². The van der Waals surface area contributed by atoms with E-state index in [-0.39, 0.29) is 6.04 Å². The molecule has 2 aromatic heterocycles. The minimum Gasteiger partial charge on any atom is -0.357 e. The molecule has 0 fully saturated rings. The lowest BCUT2D eigenvalue weighted by molar-refractivity contribution is 0.782. The van der Waals surface area contributed by atoms with E-state index < -0.39 is 0 Å². The Kier molecular flexibility index (Phi) is 4.73. The maximum absolute atomic E-state index is 4.41. The van der Waals surface area contributed by atoms with Crippen LogP contribution in [0.2, 0.25) is 0 Å². The molecule has 0 saturated heterocycles. The first-order chi connectivity index (χ1) is 9.58. The molecule has 0 aliphatic carbocycles. The summed E-state index contributed by atoms with van der Waals surface area (Å²) in [5.41, 5.74) is 0. The largest absolute Gasteiger partial charge is 0.357 e. The molecule has 0 aliphatic heterocycles. The van der Waals surface area contributed by atoms with E-state index in [1.807, 2.05) is 19.0 Å². The summed E-state index contributed by atoms with van der Waals surface area (Å²) in [6.45, 7) is 2.12. The molecule has 2 heterocycles. The summed E-state index contributed by atoms with van der Waals surface area (Å²) < 4.78 is 0. The molecule has 0 saturated carbocycles. The quantitative estimate of drug-likeness (QED) is 0.850. The first-order valence-electron chi connectivity index (χ1n) is 6.48. The first-order valence-corrected chi connectivity index (χ1v) is 7.36. The van der Waals surface area contributed by atoms with Crippen molar-refractivity contribution in [3.63, 3.8) is 0 Å². The van der Waals surface area contributed by atoms with Gasteiger partial charge in [0.25, 0.3) is 0 Å². The molecule has 108 valence electrons. The number of anilines is 3. The fourth-order valence-electron chi connectivity index (χ4n) is 1.74. The maximum Gasteiger partial charge on any atom is 0.231 e. The minimum absolute atomic E-state index is 0.260. The van der Waals surface area contributed by atoms with E-state index in [1.165, 1.54) is 4.88 Å². The molecule has 0 aromatic carbocycles. The Balaban J connectivity index is 2.09. The van der Waals surface area contributed by atoms with Gasteiger partial charge in [0.1, 0.15) is 0 Å². The van der Waals surface area contributed by atoms with Gasteiger partial charge in [0.15, 0.2) is 0 Å². The van der Waals surface area contributed by atoms with Crippen molar-refractivity contribution in [2.24, 2.45) is 0 Å². The fraction of sp³-hybridized carbons (Fsp3) is 0.462. The molecule has 2 aromatic rings. The molecular weight excluding hydrogens is 272 g/mol. The fourth-order valence-corrected chi connectivity index (χ4v) is 2.58. The number of hydrogen-bond acceptors (Lipinski definition) is 7. The van der Waals surface area contributed by atoms with Crippen LogP contribution in [0.4, 0.5) is 17.8 Å². The van der Waals surface area contributed by atoms with Crippen molar-refractivity contribution in [1.82, 2.24) is 15.0 Å². The van der Waals surface area contributed by atoms with Crippen LogP contribution in [0.3, 0.4) is 0 Å². The summed E-state index contributed by atoms with van der Waals surface area (Å²) in [7, 11) is 5.62. The molecular formula is C13H20N6S. The van der Waals surface area contributed by atoms with Crippen molar-refractivity contribution in [3.05, 3.63) is 22.4 Å². The summed E-state index contributed by atoms with van der Waals surface area (Å²) in [6.07, 6.45) is 0.954. The van der Waals surface area contributed by atoms with Crippen molar-refractivity contribution in [2.45, 2.75) is 19.4 Å². The van der Waals surface area contributed by atoms with Crippen molar-refractivity contribution < 1.29 is 0 Å². The standard InChI is InChI=1S/C13H20N6S/c1-9(8-10-6-5-7-20-10)15-12-16-11(14-2)17-13(18-12)19(3)4/h5-7,9H,8H2,1-4H3,(H2,14,15,16,17,18). The molecule has 0 amide bonds. The summed E-state index contributed by atoms with van der Waals surface area (Å²) in [5, 5.41) is 8.37. The Morgan fingerprint density at radius 1 is 1.25 bits per heavy atom. The van der Waals surface area contributed by atoms with Crippen LogP contribution in [0.5, 0.6) is 0 Å². The minimum atomic E-state index is 0.260. The predicted molar refractivity (Wildman–Crippen MR) is 84.8 cm³/mol. The average molecular weight is 292 g/mol. The Bertz CT molecular complexity index is 540. The molecule has 1 unspecified atom stereocenters. The zero-order valence-electron chi connectivity index (χ0n) is 12.2. The van der Waals surface area contributed by atoms with Gasteiger partial charge in [0, 0.05) is 38.5 Å². The van der Waals surface area contributed by atoms with Crippen molar-refractivity contribution >= 4 is 29.2 Å². The van der Waals surface area contributed by atoms with Gasteiger partial charge < -0.3 is 15.5 Å². The molecule has 20 heavy (non-hydrogen) atoms. The second-order valence-electron chi connectivity index (χ2n) is 4.76. The van der Waals surface area contributed by atoms with Gasteiger partial charge in [-0.3, -0.25) is 0 Å². The summed E-state index contributed by atoms with van der Waals surface area (Å²) >= 11 is 1.76. The highest BCUT2D eigenvalue weighted by Crippen LogP contribution is 2.15. The molecule has 7 heteroatoms. The Morgan fingerprint density at radius 3 is 2.60 bits per heavy atom. The van der Waals surface area contributed by atoms with E-state index in [0.717, 1.165) is 6.42 Å². The van der Waals surface area contributed by atoms with Crippen LogP contribution in [-0.2, 0) is 6.42 Å². The lowest BCUT2D eigenvalue weighted by Crippen LogP contribution is -2.22. The SMILES string of the molecule is CNc1nc(NC(C)Cc2cccs2)nc(N(C)C)n1. The summed E-state index contributed by atoms with van der Waals surface area (Å²) in [6, 6.07) is 4.47. The smallest absolute Gasteiger partial charge is 0.231 e. The number of thiophene rings is 1. The normalized spacial score (nSPS) is 12.0. The van der Waals surface area contributed by atoms with Crippen LogP contribution >= 0.6 is 11.3 Å².